The van der Waals surface area contributed by atoms with Gasteiger partial charge < -0.3 is 25.2 Å². The van der Waals surface area contributed by atoms with Crippen molar-refractivity contribution in [2.24, 2.45) is 56.7 Å². The van der Waals surface area contributed by atoms with E-state index in [1.165, 1.54) is 0 Å². The standard InChI is InChI=1S/C36H56O7/c1-19(2)20-10-15-36(31(42)30-29(41)28(40)27(39)22(18-37)43-30)17-16-34(6)21(26(20)36)8-9-24-33(5)13-12-25(38)32(3,4)23(33)11-14-35(24,34)7/h20-24,26-30,37,39-41H,1,8-18H2,2-7H3/t20-,21?,22?,23?,24?,26?,27+,28?,29?,30+,33-,34+,35+,36-/m0/s1. The first kappa shape index (κ1) is 31.8. The second-order valence-corrected chi connectivity index (χ2v) is 17.1. The average Bonchev–Trinajstić information content (AvgIpc) is 3.35. The summed E-state index contributed by atoms with van der Waals surface area (Å²) < 4.78 is 5.90. The van der Waals surface area contributed by atoms with Gasteiger partial charge in [-0.3, -0.25) is 9.59 Å². The molecule has 43 heavy (non-hydrogen) atoms. The van der Waals surface area contributed by atoms with Gasteiger partial charge in [-0.2, -0.15) is 0 Å². The van der Waals surface area contributed by atoms with Gasteiger partial charge in [-0.1, -0.05) is 46.8 Å². The van der Waals surface area contributed by atoms with Crippen LogP contribution in [0.3, 0.4) is 0 Å². The summed E-state index contributed by atoms with van der Waals surface area (Å²) in [4.78, 5) is 27.8. The molecule has 7 unspecified atom stereocenters. The molecule has 4 N–H and O–H groups in total. The average molecular weight is 601 g/mol. The van der Waals surface area contributed by atoms with Crippen LogP contribution in [-0.4, -0.2) is 69.1 Å². The molecule has 7 nitrogen and oxygen atoms in total. The molecular formula is C36H56O7. The maximum atomic E-state index is 14.7. The molecular weight excluding hydrogens is 544 g/mol. The first-order chi connectivity index (χ1) is 20.0. The van der Waals surface area contributed by atoms with Crippen molar-refractivity contribution in [1.82, 2.24) is 0 Å². The van der Waals surface area contributed by atoms with Gasteiger partial charge in [0, 0.05) is 17.3 Å². The topological polar surface area (TPSA) is 124 Å². The maximum absolute atomic E-state index is 14.7. The Morgan fingerprint density at radius 3 is 2.21 bits per heavy atom. The second kappa shape index (κ2) is 10.2. The van der Waals surface area contributed by atoms with Gasteiger partial charge >= 0.3 is 0 Å². The molecule has 14 atom stereocenters. The Morgan fingerprint density at radius 2 is 1.56 bits per heavy atom. The number of Topliss-reactive ketones (excluding diaryl/α,β-unsaturated/α-hetero) is 2. The quantitative estimate of drug-likeness (QED) is 0.347. The van der Waals surface area contributed by atoms with E-state index in [9.17, 15) is 30.0 Å². The lowest BCUT2D eigenvalue weighted by atomic mass is 9.32. The van der Waals surface area contributed by atoms with Gasteiger partial charge in [-0.25, -0.2) is 0 Å². The van der Waals surface area contributed by atoms with E-state index in [-0.39, 0.29) is 39.3 Å². The molecule has 1 saturated heterocycles. The number of aliphatic hydroxyl groups excluding tert-OH is 4. The second-order valence-electron chi connectivity index (χ2n) is 17.1. The van der Waals surface area contributed by atoms with Crippen LogP contribution in [0.4, 0.5) is 0 Å². The normalized spacial score (nSPS) is 54.1. The fraction of sp³-hybridized carbons (Fsp3) is 0.889. The zero-order chi connectivity index (χ0) is 31.5. The first-order valence-corrected chi connectivity index (χ1v) is 17.0. The van der Waals surface area contributed by atoms with E-state index in [1.54, 1.807) is 0 Å². The number of ether oxygens (including phenoxy) is 1. The highest BCUT2D eigenvalue weighted by molar-refractivity contribution is 5.91. The van der Waals surface area contributed by atoms with E-state index in [1.807, 2.05) is 0 Å². The molecule has 0 spiro atoms. The highest BCUT2D eigenvalue weighted by Crippen LogP contribution is 2.77. The minimum absolute atomic E-state index is 0.0113. The maximum Gasteiger partial charge on any atom is 0.170 e. The highest BCUT2D eigenvalue weighted by atomic mass is 16.5. The Kier molecular flexibility index (Phi) is 7.55. The van der Waals surface area contributed by atoms with E-state index in [0.29, 0.717) is 42.8 Å². The van der Waals surface area contributed by atoms with Gasteiger partial charge in [0.25, 0.3) is 0 Å². The van der Waals surface area contributed by atoms with Crippen LogP contribution in [0.5, 0.6) is 0 Å². The lowest BCUT2D eigenvalue weighted by molar-refractivity contribution is -0.244. The summed E-state index contributed by atoms with van der Waals surface area (Å²) in [7, 11) is 0. The van der Waals surface area contributed by atoms with Gasteiger partial charge in [-0.15, -0.1) is 0 Å². The Hall–Kier alpha value is -1.12. The molecule has 0 amide bonds. The Bertz CT molecular complexity index is 1180. The van der Waals surface area contributed by atoms with Gasteiger partial charge in [0.05, 0.1) is 6.61 Å². The summed E-state index contributed by atoms with van der Waals surface area (Å²) >= 11 is 0. The van der Waals surface area contributed by atoms with Crippen LogP contribution in [-0.2, 0) is 14.3 Å². The molecule has 0 radical (unpaired) electrons. The molecule has 1 heterocycles. The summed E-state index contributed by atoms with van der Waals surface area (Å²) in [6, 6.07) is 0. The van der Waals surface area contributed by atoms with Crippen LogP contribution in [0.15, 0.2) is 12.2 Å². The fourth-order valence-electron chi connectivity index (χ4n) is 13.0. The minimum atomic E-state index is -1.56. The van der Waals surface area contributed by atoms with Crippen molar-refractivity contribution in [1.29, 1.82) is 0 Å². The Labute approximate surface area is 257 Å². The van der Waals surface area contributed by atoms with Crippen molar-refractivity contribution in [2.75, 3.05) is 6.61 Å². The van der Waals surface area contributed by atoms with Crippen LogP contribution in [0, 0.1) is 56.7 Å². The minimum Gasteiger partial charge on any atom is -0.394 e. The third-order valence-corrected chi connectivity index (χ3v) is 15.5. The summed E-state index contributed by atoms with van der Waals surface area (Å²) in [5.74, 6) is 1.72. The number of hydrogen-bond donors (Lipinski definition) is 4. The van der Waals surface area contributed by atoms with E-state index in [0.717, 1.165) is 50.5 Å². The SMILES string of the molecule is C=C(C)[C@@H]1CC[C@]2(C(=O)[C@@H]3OC(CO)[C@@H](O)C(O)C3O)CC[C@]3(C)C(CCC4[C@@]5(C)CCC(=O)C(C)(C)C5CC[C@]43C)C12. The van der Waals surface area contributed by atoms with Gasteiger partial charge in [0.1, 0.15) is 36.3 Å². The van der Waals surface area contributed by atoms with Gasteiger partial charge in [0.15, 0.2) is 5.78 Å². The zero-order valence-electron chi connectivity index (χ0n) is 27.3. The van der Waals surface area contributed by atoms with Crippen molar-refractivity contribution in [3.8, 4) is 0 Å². The summed E-state index contributed by atoms with van der Waals surface area (Å²) in [5, 5.41) is 41.8. The number of hydrogen-bond acceptors (Lipinski definition) is 7. The van der Waals surface area contributed by atoms with E-state index in [4.69, 9.17) is 4.74 Å². The van der Waals surface area contributed by atoms with Gasteiger partial charge in [-0.05, 0) is 111 Å². The molecule has 0 bridgehead atoms. The van der Waals surface area contributed by atoms with Crippen LogP contribution in [0.2, 0.25) is 0 Å². The van der Waals surface area contributed by atoms with Crippen LogP contribution >= 0.6 is 0 Å². The third kappa shape index (κ3) is 4.03. The van der Waals surface area contributed by atoms with Crippen molar-refractivity contribution in [2.45, 2.75) is 136 Å². The van der Waals surface area contributed by atoms with Crippen molar-refractivity contribution < 1.29 is 34.8 Å². The van der Waals surface area contributed by atoms with Gasteiger partial charge in [0.2, 0.25) is 0 Å². The number of rotatable bonds is 4. The summed E-state index contributed by atoms with van der Waals surface area (Å²) in [6.45, 7) is 17.8. The fourth-order valence-corrected chi connectivity index (χ4v) is 13.0. The Balaban J connectivity index is 1.38. The van der Waals surface area contributed by atoms with Crippen LogP contribution in [0.25, 0.3) is 0 Å². The van der Waals surface area contributed by atoms with E-state index in [2.05, 4.69) is 48.1 Å². The molecule has 1 aliphatic heterocycles. The lowest BCUT2D eigenvalue weighted by Gasteiger charge is -2.72. The number of fused-ring (bicyclic) bond motifs is 7. The molecule has 0 aromatic carbocycles. The third-order valence-electron chi connectivity index (χ3n) is 15.5. The number of aliphatic hydroxyl groups is 4. The molecule has 0 aromatic heterocycles. The monoisotopic (exact) mass is 600 g/mol. The van der Waals surface area contributed by atoms with Crippen LogP contribution in [0.1, 0.15) is 106 Å². The molecule has 6 fully saturated rings. The summed E-state index contributed by atoms with van der Waals surface area (Å²) in [5.41, 5.74) is 0.318. The van der Waals surface area contributed by atoms with Crippen molar-refractivity contribution >= 4 is 11.6 Å². The highest BCUT2D eigenvalue weighted by Gasteiger charge is 2.72. The predicted octanol–water partition coefficient (Wildman–Crippen LogP) is 4.62. The molecule has 6 rings (SSSR count). The van der Waals surface area contributed by atoms with Crippen molar-refractivity contribution in [3.63, 3.8) is 0 Å². The largest absolute Gasteiger partial charge is 0.394 e. The molecule has 242 valence electrons. The molecule has 7 heteroatoms. The smallest absolute Gasteiger partial charge is 0.170 e. The molecule has 0 aromatic rings. The first-order valence-electron chi connectivity index (χ1n) is 17.0. The molecule has 5 saturated carbocycles. The molecule has 5 aliphatic carbocycles. The summed E-state index contributed by atoms with van der Waals surface area (Å²) in [6.07, 6.45) is 2.16. The zero-order valence-corrected chi connectivity index (χ0v) is 27.3. The Morgan fingerprint density at radius 1 is 0.860 bits per heavy atom. The number of carbonyl (C=O) groups is 2. The predicted molar refractivity (Wildman–Crippen MR) is 163 cm³/mol. The lowest BCUT2D eigenvalue weighted by Crippen LogP contribution is -2.68. The van der Waals surface area contributed by atoms with E-state index < -0.39 is 42.5 Å². The van der Waals surface area contributed by atoms with Crippen molar-refractivity contribution in [3.05, 3.63) is 12.2 Å². The molecule has 6 aliphatic rings. The number of carbonyl (C=O) groups excluding carboxylic acids is 2. The van der Waals surface area contributed by atoms with Crippen LogP contribution < -0.4 is 0 Å². The van der Waals surface area contributed by atoms with E-state index >= 15 is 0 Å². The number of allylic oxidation sites excluding steroid dienone is 1. The number of ketones is 2.